The molecule has 0 bridgehead atoms. The van der Waals surface area contributed by atoms with Crippen LogP contribution in [0.2, 0.25) is 0 Å². The fraction of sp³-hybridized carbons (Fsp3) is 0. The summed E-state index contributed by atoms with van der Waals surface area (Å²) in [4.78, 5) is 27.6. The largest absolute Gasteiger partial charge is 0.442 e. The average Bonchev–Trinajstić information content (AvgIpc) is 1.92. The minimum Gasteiger partial charge on any atom is -0.189 e. The maximum atomic E-state index is 8.93. The van der Waals surface area contributed by atoms with Gasteiger partial charge in [0, 0.05) is 4.90 Å². The van der Waals surface area contributed by atoms with E-state index in [1.165, 1.54) is 6.07 Å². The normalized spacial score (nSPS) is 11.8. The highest BCUT2D eigenvalue weighted by molar-refractivity contribution is 7.84. The first-order valence-corrected chi connectivity index (χ1v) is 5.56. The topological polar surface area (TPSA) is 60.7 Å². The predicted octanol–water partition coefficient (Wildman–Crippen LogP) is 0.629. The monoisotopic (exact) mass is 223 g/mol. The van der Waals surface area contributed by atoms with Gasteiger partial charge in [-0.1, -0.05) is 6.07 Å². The quantitative estimate of drug-likeness (QED) is 0.358. The summed E-state index contributed by atoms with van der Waals surface area (Å²) in [7, 11) is -3.96. The fourth-order valence-electron chi connectivity index (χ4n) is 0.762. The zero-order valence-corrected chi connectivity index (χ0v) is 8.60. The Morgan fingerprint density at radius 2 is 1.67 bits per heavy atom. The molecule has 0 saturated heterocycles. The molecule has 0 aliphatic heterocycles. The summed E-state index contributed by atoms with van der Waals surface area (Å²) in [6.07, 6.45) is 0. The van der Waals surface area contributed by atoms with Gasteiger partial charge < -0.3 is 0 Å². The van der Waals surface area contributed by atoms with Crippen LogP contribution in [0.15, 0.2) is 28.0 Å². The van der Waals surface area contributed by atoms with Crippen molar-refractivity contribution in [1.82, 2.24) is 0 Å². The van der Waals surface area contributed by atoms with E-state index < -0.39 is 7.94 Å². The maximum absolute atomic E-state index is 8.93. The van der Waals surface area contributed by atoms with Crippen LogP contribution in [-0.4, -0.2) is 14.7 Å². The Bertz CT molecular complexity index is 297. The van der Waals surface area contributed by atoms with Crippen molar-refractivity contribution in [2.24, 2.45) is 0 Å². The Morgan fingerprint density at radius 3 is 2.08 bits per heavy atom. The molecule has 0 fully saturated rings. The minimum absolute atomic E-state index is 0.0262. The summed E-state index contributed by atoms with van der Waals surface area (Å²) in [6, 6.07) is 4.61. The lowest BCUT2D eigenvalue weighted by Gasteiger charge is -2.06. The lowest BCUT2D eigenvalue weighted by atomic mass is 10.4. The molecule has 1 rings (SSSR count). The smallest absolute Gasteiger partial charge is 0.189 e. The van der Waals surface area contributed by atoms with E-state index in [-0.39, 0.29) is 5.30 Å². The van der Waals surface area contributed by atoms with Crippen LogP contribution in [0.1, 0.15) is 0 Å². The van der Waals surface area contributed by atoms with Crippen molar-refractivity contribution in [3.8, 4) is 0 Å². The van der Waals surface area contributed by atoms with Crippen molar-refractivity contribution in [1.29, 1.82) is 0 Å². The summed E-state index contributed by atoms with van der Waals surface area (Å²) >= 11 is 7.98. The number of benzene rings is 1. The zero-order valence-electron chi connectivity index (χ0n) is 5.92. The standard InChI is InChI=1S/C6H7O3PS2/c7-10(8,9)4-2-1-3-5(11)6(4)12/h1-3,7-9H,(H-,11,12)/p+1. The molecule has 12 heavy (non-hydrogen) atoms. The molecule has 0 aromatic heterocycles. The minimum atomic E-state index is -3.96. The van der Waals surface area contributed by atoms with Gasteiger partial charge in [-0.3, -0.25) is 0 Å². The van der Waals surface area contributed by atoms with Gasteiger partial charge in [0.2, 0.25) is 0 Å². The molecule has 0 radical (unpaired) electrons. The van der Waals surface area contributed by atoms with E-state index in [9.17, 15) is 0 Å². The van der Waals surface area contributed by atoms with Crippen LogP contribution < -0.4 is 5.30 Å². The molecular formula is C6H8O3PS2+. The predicted molar refractivity (Wildman–Crippen MR) is 54.2 cm³/mol. The summed E-state index contributed by atoms with van der Waals surface area (Å²) in [5.74, 6) is 0. The number of rotatable bonds is 1. The van der Waals surface area contributed by atoms with E-state index in [4.69, 9.17) is 14.7 Å². The van der Waals surface area contributed by atoms with E-state index in [0.29, 0.717) is 9.79 Å². The SMILES string of the molecule is O[P+](O)(O)c1cccc(S)c1S. The highest BCUT2D eigenvalue weighted by Gasteiger charge is 2.36. The molecule has 66 valence electrons. The molecular weight excluding hydrogens is 215 g/mol. The second-order valence-corrected chi connectivity index (χ2v) is 4.76. The van der Waals surface area contributed by atoms with Crippen molar-refractivity contribution in [3.63, 3.8) is 0 Å². The Balaban J connectivity index is 3.26. The molecule has 0 aliphatic rings. The molecule has 1 aromatic rings. The van der Waals surface area contributed by atoms with Crippen LogP contribution in [0, 0.1) is 0 Å². The van der Waals surface area contributed by atoms with E-state index in [1.54, 1.807) is 12.1 Å². The van der Waals surface area contributed by atoms with Crippen molar-refractivity contribution < 1.29 is 14.7 Å². The van der Waals surface area contributed by atoms with E-state index in [2.05, 4.69) is 25.3 Å². The van der Waals surface area contributed by atoms with Gasteiger partial charge in [-0.15, -0.1) is 25.3 Å². The first kappa shape index (κ1) is 10.3. The second-order valence-electron chi connectivity index (χ2n) is 2.21. The lowest BCUT2D eigenvalue weighted by Crippen LogP contribution is -2.11. The third kappa shape index (κ3) is 2.13. The Morgan fingerprint density at radius 1 is 1.08 bits per heavy atom. The van der Waals surface area contributed by atoms with Crippen LogP contribution in [0.4, 0.5) is 0 Å². The highest BCUT2D eigenvalue weighted by Crippen LogP contribution is 2.45. The summed E-state index contributed by atoms with van der Waals surface area (Å²) in [5, 5.41) is 0.0262. The number of hydrogen-bond donors (Lipinski definition) is 5. The molecule has 6 heteroatoms. The van der Waals surface area contributed by atoms with Gasteiger partial charge in [0.1, 0.15) is 0 Å². The average molecular weight is 223 g/mol. The second kappa shape index (κ2) is 3.54. The summed E-state index contributed by atoms with van der Waals surface area (Å²) in [5.41, 5.74) is 0. The molecule has 0 heterocycles. The van der Waals surface area contributed by atoms with Crippen molar-refractivity contribution in [3.05, 3.63) is 18.2 Å². The molecule has 1 aromatic carbocycles. The van der Waals surface area contributed by atoms with Gasteiger partial charge >= 0.3 is 7.94 Å². The fourth-order valence-corrected chi connectivity index (χ4v) is 2.30. The molecule has 3 N–H and O–H groups in total. The Kier molecular flexibility index (Phi) is 3.04. The van der Waals surface area contributed by atoms with E-state index in [1.807, 2.05) is 0 Å². The van der Waals surface area contributed by atoms with Gasteiger partial charge in [0.25, 0.3) is 0 Å². The summed E-state index contributed by atoms with van der Waals surface area (Å²) < 4.78 is 0. The number of hydrogen-bond acceptors (Lipinski definition) is 5. The molecule has 0 aliphatic carbocycles. The van der Waals surface area contributed by atoms with Crippen molar-refractivity contribution in [2.45, 2.75) is 9.79 Å². The maximum Gasteiger partial charge on any atom is 0.442 e. The molecule has 0 unspecified atom stereocenters. The Labute approximate surface area is 81.5 Å². The third-order valence-corrected chi connectivity index (χ3v) is 3.54. The Hall–Kier alpha value is 0.230. The van der Waals surface area contributed by atoms with Gasteiger partial charge in [-0.2, -0.15) is 14.7 Å². The van der Waals surface area contributed by atoms with E-state index in [0.717, 1.165) is 0 Å². The van der Waals surface area contributed by atoms with Crippen molar-refractivity contribution in [2.75, 3.05) is 0 Å². The van der Waals surface area contributed by atoms with E-state index >= 15 is 0 Å². The van der Waals surface area contributed by atoms with Gasteiger partial charge in [0.05, 0.1) is 4.90 Å². The van der Waals surface area contributed by atoms with Crippen LogP contribution in [0.3, 0.4) is 0 Å². The lowest BCUT2D eigenvalue weighted by molar-refractivity contribution is 0.346. The van der Waals surface area contributed by atoms with Gasteiger partial charge in [-0.05, 0) is 12.1 Å². The highest BCUT2D eigenvalue weighted by atomic mass is 32.1. The zero-order chi connectivity index (χ0) is 9.35. The third-order valence-electron chi connectivity index (χ3n) is 1.32. The number of thiol groups is 2. The molecule has 0 atom stereocenters. The van der Waals surface area contributed by atoms with Crippen LogP contribution >= 0.6 is 33.2 Å². The molecule has 0 amide bonds. The van der Waals surface area contributed by atoms with Gasteiger partial charge in [0.15, 0.2) is 5.30 Å². The molecule has 0 saturated carbocycles. The summed E-state index contributed by atoms with van der Waals surface area (Å²) in [6.45, 7) is 0. The van der Waals surface area contributed by atoms with Gasteiger partial charge in [-0.25, -0.2) is 0 Å². The first-order chi connectivity index (χ1) is 5.43. The molecule has 3 nitrogen and oxygen atoms in total. The van der Waals surface area contributed by atoms with Crippen molar-refractivity contribution >= 4 is 38.5 Å². The van der Waals surface area contributed by atoms with Crippen LogP contribution in [0.5, 0.6) is 0 Å². The van der Waals surface area contributed by atoms with Crippen LogP contribution in [-0.2, 0) is 0 Å². The van der Waals surface area contributed by atoms with Crippen LogP contribution in [0.25, 0.3) is 0 Å². The molecule has 0 spiro atoms. The first-order valence-electron chi connectivity index (χ1n) is 3.01.